The van der Waals surface area contributed by atoms with Crippen LogP contribution in [0.4, 0.5) is 5.82 Å². The van der Waals surface area contributed by atoms with Gasteiger partial charge in [-0.3, -0.25) is 4.79 Å². The second kappa shape index (κ2) is 7.44. The molecule has 0 N–H and O–H groups in total. The molecule has 0 spiro atoms. The number of carbonyl (C=O) groups is 1. The number of likely N-dealkylation sites (tertiary alicyclic amines) is 1. The lowest BCUT2D eigenvalue weighted by molar-refractivity contribution is -0.125. The standard InChI is InChI=1S/C17H20N4O2S/c1-20(2)15-6-7-16(19-18-15)23-13-9-10-21(12-13)17(22)8-5-14-4-3-11-24-14/h3-8,11,13H,9-10,12H2,1-2H3. The van der Waals surface area contributed by atoms with Crippen LogP contribution in [0.25, 0.3) is 6.08 Å². The van der Waals surface area contributed by atoms with Crippen LogP contribution in [0.5, 0.6) is 5.88 Å². The third-order valence-corrected chi connectivity index (χ3v) is 4.60. The van der Waals surface area contributed by atoms with Crippen molar-refractivity contribution in [2.24, 2.45) is 0 Å². The Labute approximate surface area is 145 Å². The van der Waals surface area contributed by atoms with Crippen LogP contribution in [0.2, 0.25) is 0 Å². The molecule has 1 unspecified atom stereocenters. The van der Waals surface area contributed by atoms with Crippen molar-refractivity contribution in [3.63, 3.8) is 0 Å². The third-order valence-electron chi connectivity index (χ3n) is 3.76. The molecule has 3 heterocycles. The third kappa shape index (κ3) is 4.11. The maximum Gasteiger partial charge on any atom is 0.246 e. The van der Waals surface area contributed by atoms with E-state index in [1.54, 1.807) is 22.3 Å². The molecule has 6 nitrogen and oxygen atoms in total. The minimum Gasteiger partial charge on any atom is -0.471 e. The van der Waals surface area contributed by atoms with E-state index in [0.29, 0.717) is 19.0 Å². The summed E-state index contributed by atoms with van der Waals surface area (Å²) in [6, 6.07) is 7.63. The molecule has 7 heteroatoms. The van der Waals surface area contributed by atoms with E-state index in [0.717, 1.165) is 17.1 Å². The SMILES string of the molecule is CN(C)c1ccc(OC2CCN(C(=O)C=Cc3cccs3)C2)nn1. The number of nitrogens with zero attached hydrogens (tertiary/aromatic N) is 4. The average molecular weight is 344 g/mol. The van der Waals surface area contributed by atoms with Crippen molar-refractivity contribution in [1.29, 1.82) is 0 Å². The zero-order valence-corrected chi connectivity index (χ0v) is 14.6. The smallest absolute Gasteiger partial charge is 0.246 e. The van der Waals surface area contributed by atoms with Gasteiger partial charge >= 0.3 is 0 Å². The number of hydrogen-bond donors (Lipinski definition) is 0. The van der Waals surface area contributed by atoms with Crippen molar-refractivity contribution in [1.82, 2.24) is 15.1 Å². The molecule has 0 saturated carbocycles. The summed E-state index contributed by atoms with van der Waals surface area (Å²) < 4.78 is 5.83. The molecule has 126 valence electrons. The van der Waals surface area contributed by atoms with Crippen LogP contribution in [-0.2, 0) is 4.79 Å². The lowest BCUT2D eigenvalue weighted by atomic mass is 10.3. The van der Waals surface area contributed by atoms with Gasteiger partial charge in [0, 0.05) is 44.1 Å². The zero-order chi connectivity index (χ0) is 16.9. The first-order valence-corrected chi connectivity index (χ1v) is 8.68. The van der Waals surface area contributed by atoms with E-state index >= 15 is 0 Å². The molecule has 0 bridgehead atoms. The highest BCUT2D eigenvalue weighted by atomic mass is 32.1. The van der Waals surface area contributed by atoms with Gasteiger partial charge in [-0.2, -0.15) is 0 Å². The van der Waals surface area contributed by atoms with Crippen molar-refractivity contribution in [2.45, 2.75) is 12.5 Å². The largest absolute Gasteiger partial charge is 0.471 e. The summed E-state index contributed by atoms with van der Waals surface area (Å²) >= 11 is 1.61. The number of ether oxygens (including phenoxy) is 1. The van der Waals surface area contributed by atoms with Crippen molar-refractivity contribution in [3.8, 4) is 5.88 Å². The molecule has 1 fully saturated rings. The molecule has 2 aromatic rings. The minimum atomic E-state index is -0.0383. The summed E-state index contributed by atoms with van der Waals surface area (Å²) in [5, 5.41) is 10.2. The highest BCUT2D eigenvalue weighted by molar-refractivity contribution is 7.10. The zero-order valence-electron chi connectivity index (χ0n) is 13.8. The quantitative estimate of drug-likeness (QED) is 0.779. The number of anilines is 1. The monoisotopic (exact) mass is 344 g/mol. The Hall–Kier alpha value is -2.41. The lowest BCUT2D eigenvalue weighted by Crippen LogP contribution is -2.29. The van der Waals surface area contributed by atoms with Crippen LogP contribution in [0, 0.1) is 0 Å². The molecule has 1 aliphatic rings. The predicted octanol–water partition coefficient (Wildman–Crippen LogP) is 2.30. The lowest BCUT2D eigenvalue weighted by Gasteiger charge is -2.15. The van der Waals surface area contributed by atoms with E-state index < -0.39 is 0 Å². The Kier molecular flexibility index (Phi) is 5.10. The van der Waals surface area contributed by atoms with Crippen LogP contribution >= 0.6 is 11.3 Å². The van der Waals surface area contributed by atoms with Gasteiger partial charge in [-0.25, -0.2) is 0 Å². The first kappa shape index (κ1) is 16.4. The summed E-state index contributed by atoms with van der Waals surface area (Å²) in [6.45, 7) is 1.27. The Morgan fingerprint density at radius 1 is 1.38 bits per heavy atom. The maximum atomic E-state index is 12.2. The molecule has 3 rings (SSSR count). The summed E-state index contributed by atoms with van der Waals surface area (Å²) in [4.78, 5) is 17.0. The Morgan fingerprint density at radius 3 is 2.92 bits per heavy atom. The number of rotatable bonds is 5. The van der Waals surface area contributed by atoms with E-state index in [4.69, 9.17) is 4.74 Å². The highest BCUT2D eigenvalue weighted by Gasteiger charge is 2.26. The fourth-order valence-corrected chi connectivity index (χ4v) is 3.07. The van der Waals surface area contributed by atoms with Gasteiger partial charge in [-0.15, -0.1) is 21.5 Å². The van der Waals surface area contributed by atoms with Crippen molar-refractivity contribution >= 4 is 29.1 Å². The van der Waals surface area contributed by atoms with Gasteiger partial charge < -0.3 is 14.5 Å². The fourth-order valence-electron chi connectivity index (χ4n) is 2.45. The summed E-state index contributed by atoms with van der Waals surface area (Å²) in [6.07, 6.45) is 4.24. The van der Waals surface area contributed by atoms with Crippen LogP contribution in [-0.4, -0.2) is 54.3 Å². The molecule has 1 aliphatic heterocycles. The molecule has 1 saturated heterocycles. The topological polar surface area (TPSA) is 58.6 Å². The second-order valence-electron chi connectivity index (χ2n) is 5.79. The summed E-state index contributed by atoms with van der Waals surface area (Å²) in [5.41, 5.74) is 0. The molecule has 24 heavy (non-hydrogen) atoms. The number of aromatic nitrogens is 2. The number of thiophene rings is 1. The van der Waals surface area contributed by atoms with Crippen molar-refractivity contribution < 1.29 is 9.53 Å². The van der Waals surface area contributed by atoms with Gasteiger partial charge in [0.2, 0.25) is 11.8 Å². The van der Waals surface area contributed by atoms with E-state index in [2.05, 4.69) is 10.2 Å². The number of hydrogen-bond acceptors (Lipinski definition) is 6. The fraction of sp³-hybridized carbons (Fsp3) is 0.353. The molecule has 0 radical (unpaired) electrons. The Balaban J connectivity index is 1.52. The number of carbonyl (C=O) groups excluding carboxylic acids is 1. The van der Waals surface area contributed by atoms with E-state index in [1.165, 1.54) is 0 Å². The first-order chi connectivity index (χ1) is 11.6. The predicted molar refractivity (Wildman–Crippen MR) is 95.3 cm³/mol. The van der Waals surface area contributed by atoms with Crippen LogP contribution < -0.4 is 9.64 Å². The molecular formula is C17H20N4O2S. The molecule has 1 amide bonds. The van der Waals surface area contributed by atoms with Crippen LogP contribution in [0.3, 0.4) is 0 Å². The number of amides is 1. The van der Waals surface area contributed by atoms with E-state index in [-0.39, 0.29) is 12.0 Å². The Bertz CT molecular complexity index is 698. The van der Waals surface area contributed by atoms with E-state index in [9.17, 15) is 4.79 Å². The summed E-state index contributed by atoms with van der Waals surface area (Å²) in [5.74, 6) is 1.29. The van der Waals surface area contributed by atoms with Gasteiger partial charge in [-0.05, 0) is 23.6 Å². The molecule has 0 aliphatic carbocycles. The summed E-state index contributed by atoms with van der Waals surface area (Å²) in [7, 11) is 3.82. The average Bonchev–Trinajstić information content (AvgIpc) is 3.25. The maximum absolute atomic E-state index is 12.2. The van der Waals surface area contributed by atoms with Gasteiger partial charge in [0.25, 0.3) is 0 Å². The molecular weight excluding hydrogens is 324 g/mol. The highest BCUT2D eigenvalue weighted by Crippen LogP contribution is 2.18. The van der Waals surface area contributed by atoms with E-state index in [1.807, 2.05) is 54.7 Å². The second-order valence-corrected chi connectivity index (χ2v) is 6.77. The van der Waals surface area contributed by atoms with Gasteiger partial charge in [-0.1, -0.05) is 6.07 Å². The normalized spacial score (nSPS) is 17.4. The first-order valence-electron chi connectivity index (χ1n) is 7.80. The molecule has 2 aromatic heterocycles. The van der Waals surface area contributed by atoms with Gasteiger partial charge in [0.15, 0.2) is 5.82 Å². The van der Waals surface area contributed by atoms with Crippen molar-refractivity contribution in [3.05, 3.63) is 40.6 Å². The van der Waals surface area contributed by atoms with Crippen molar-refractivity contribution in [2.75, 3.05) is 32.1 Å². The van der Waals surface area contributed by atoms with Gasteiger partial charge in [0.05, 0.1) is 6.54 Å². The van der Waals surface area contributed by atoms with Gasteiger partial charge in [0.1, 0.15) is 6.10 Å². The van der Waals surface area contributed by atoms with Crippen LogP contribution in [0.15, 0.2) is 35.7 Å². The van der Waals surface area contributed by atoms with Crippen LogP contribution in [0.1, 0.15) is 11.3 Å². The minimum absolute atomic E-state index is 0.0172. The Morgan fingerprint density at radius 2 is 2.25 bits per heavy atom. The molecule has 0 aromatic carbocycles. The molecule has 1 atom stereocenters.